The molecule has 4 rings (SSSR count). The monoisotopic (exact) mass is 327 g/mol. The molecule has 24 heavy (non-hydrogen) atoms. The Balaban J connectivity index is 1.48. The molecule has 1 aliphatic heterocycles. The standard InChI is InChI=1S/C17H21N5O2/c1-10-11-4-2-3-5-13(11)20-15(19-10)8-18-17(23)16-12-9-24-7-6-14(12)21-22-16/h2-9H2,1H3,(H,18,23)(H,21,22). The first-order valence-electron chi connectivity index (χ1n) is 8.49. The van der Waals surface area contributed by atoms with Gasteiger partial charge in [0.25, 0.3) is 5.91 Å². The largest absolute Gasteiger partial charge is 0.376 e. The summed E-state index contributed by atoms with van der Waals surface area (Å²) >= 11 is 0. The second kappa shape index (κ2) is 6.32. The molecule has 1 amide bonds. The van der Waals surface area contributed by atoms with Crippen LogP contribution in [0.25, 0.3) is 0 Å². The molecule has 2 aliphatic rings. The second-order valence-electron chi connectivity index (χ2n) is 6.37. The Morgan fingerprint density at radius 3 is 3.00 bits per heavy atom. The maximum Gasteiger partial charge on any atom is 0.272 e. The van der Waals surface area contributed by atoms with E-state index in [2.05, 4.69) is 25.5 Å². The minimum absolute atomic E-state index is 0.211. The molecule has 2 aromatic heterocycles. The molecule has 0 spiro atoms. The molecule has 2 N–H and O–H groups in total. The van der Waals surface area contributed by atoms with Crippen LogP contribution in [-0.2, 0) is 37.2 Å². The summed E-state index contributed by atoms with van der Waals surface area (Å²) in [5.74, 6) is 0.458. The zero-order valence-corrected chi connectivity index (χ0v) is 13.8. The van der Waals surface area contributed by atoms with E-state index in [0.717, 1.165) is 41.9 Å². The van der Waals surface area contributed by atoms with Crippen LogP contribution in [0.2, 0.25) is 0 Å². The molecule has 0 aromatic carbocycles. The van der Waals surface area contributed by atoms with Crippen LogP contribution in [0.3, 0.4) is 0 Å². The molecule has 0 fully saturated rings. The minimum atomic E-state index is -0.211. The van der Waals surface area contributed by atoms with Crippen LogP contribution in [0.15, 0.2) is 0 Å². The van der Waals surface area contributed by atoms with Gasteiger partial charge >= 0.3 is 0 Å². The highest BCUT2D eigenvalue weighted by Gasteiger charge is 2.22. The lowest BCUT2D eigenvalue weighted by Crippen LogP contribution is -2.26. The summed E-state index contributed by atoms with van der Waals surface area (Å²) in [5.41, 5.74) is 5.74. The maximum absolute atomic E-state index is 12.4. The smallest absolute Gasteiger partial charge is 0.272 e. The van der Waals surface area contributed by atoms with Crippen molar-refractivity contribution in [3.05, 3.63) is 39.7 Å². The van der Waals surface area contributed by atoms with Gasteiger partial charge in [0.05, 0.1) is 19.8 Å². The number of rotatable bonds is 3. The lowest BCUT2D eigenvalue weighted by Gasteiger charge is -2.17. The maximum atomic E-state index is 12.4. The Kier molecular flexibility index (Phi) is 4.02. The third-order valence-corrected chi connectivity index (χ3v) is 4.75. The number of amides is 1. The quantitative estimate of drug-likeness (QED) is 0.888. The molecule has 7 nitrogen and oxygen atoms in total. The highest BCUT2D eigenvalue weighted by molar-refractivity contribution is 5.93. The summed E-state index contributed by atoms with van der Waals surface area (Å²) in [4.78, 5) is 21.6. The lowest BCUT2D eigenvalue weighted by atomic mass is 9.95. The number of carbonyl (C=O) groups is 1. The number of H-pyrrole nitrogens is 1. The number of nitrogens with zero attached hydrogens (tertiary/aromatic N) is 3. The van der Waals surface area contributed by atoms with Gasteiger partial charge in [-0.15, -0.1) is 0 Å². The number of hydrogen-bond acceptors (Lipinski definition) is 5. The van der Waals surface area contributed by atoms with Crippen molar-refractivity contribution in [2.24, 2.45) is 0 Å². The molecule has 0 saturated carbocycles. The molecule has 1 aliphatic carbocycles. The minimum Gasteiger partial charge on any atom is -0.376 e. The van der Waals surface area contributed by atoms with Crippen LogP contribution >= 0.6 is 0 Å². The van der Waals surface area contributed by atoms with Gasteiger partial charge in [-0.25, -0.2) is 9.97 Å². The Labute approximate surface area is 140 Å². The molecule has 2 aromatic rings. The van der Waals surface area contributed by atoms with Crippen molar-refractivity contribution in [3.63, 3.8) is 0 Å². The van der Waals surface area contributed by atoms with Gasteiger partial charge in [0.15, 0.2) is 5.69 Å². The Bertz CT molecular complexity index is 784. The predicted octanol–water partition coefficient (Wildman–Crippen LogP) is 1.39. The zero-order valence-electron chi connectivity index (χ0n) is 13.8. The van der Waals surface area contributed by atoms with Crippen molar-refractivity contribution in [1.82, 2.24) is 25.5 Å². The van der Waals surface area contributed by atoms with E-state index in [1.807, 2.05) is 6.92 Å². The van der Waals surface area contributed by atoms with Crippen molar-refractivity contribution in [2.45, 2.75) is 52.2 Å². The summed E-state index contributed by atoms with van der Waals surface area (Å²) in [7, 11) is 0. The highest BCUT2D eigenvalue weighted by Crippen LogP contribution is 2.22. The van der Waals surface area contributed by atoms with Gasteiger partial charge in [0.1, 0.15) is 5.82 Å². The van der Waals surface area contributed by atoms with E-state index in [-0.39, 0.29) is 5.91 Å². The summed E-state index contributed by atoms with van der Waals surface area (Å²) in [6, 6.07) is 0. The van der Waals surface area contributed by atoms with Crippen molar-refractivity contribution in [3.8, 4) is 0 Å². The van der Waals surface area contributed by atoms with E-state index in [0.29, 0.717) is 31.3 Å². The molecule has 0 bridgehead atoms. The van der Waals surface area contributed by atoms with E-state index >= 15 is 0 Å². The van der Waals surface area contributed by atoms with E-state index < -0.39 is 0 Å². The SMILES string of the molecule is Cc1nc(CNC(=O)c2n[nH]c3c2COCC3)nc2c1CCCC2. The first-order valence-corrected chi connectivity index (χ1v) is 8.49. The average molecular weight is 327 g/mol. The summed E-state index contributed by atoms with van der Waals surface area (Å²) in [6.45, 7) is 3.44. The van der Waals surface area contributed by atoms with Gasteiger partial charge in [0, 0.05) is 29.1 Å². The van der Waals surface area contributed by atoms with E-state index in [1.165, 1.54) is 18.4 Å². The van der Waals surface area contributed by atoms with Crippen LogP contribution in [0.1, 0.15) is 57.4 Å². The number of fused-ring (bicyclic) bond motifs is 2. The third-order valence-electron chi connectivity index (χ3n) is 4.75. The Morgan fingerprint density at radius 1 is 1.21 bits per heavy atom. The van der Waals surface area contributed by atoms with Crippen molar-refractivity contribution < 1.29 is 9.53 Å². The highest BCUT2D eigenvalue weighted by atomic mass is 16.5. The number of ether oxygens (including phenoxy) is 1. The van der Waals surface area contributed by atoms with E-state index in [9.17, 15) is 4.79 Å². The fraction of sp³-hybridized carbons (Fsp3) is 0.529. The molecular weight excluding hydrogens is 306 g/mol. The Morgan fingerprint density at radius 2 is 2.08 bits per heavy atom. The molecule has 0 unspecified atom stereocenters. The summed E-state index contributed by atoms with van der Waals surface area (Å²) in [5, 5.41) is 9.96. The zero-order chi connectivity index (χ0) is 16.5. The average Bonchev–Trinajstić information content (AvgIpc) is 3.04. The Hall–Kier alpha value is -2.28. The summed E-state index contributed by atoms with van der Waals surface area (Å²) in [6.07, 6.45) is 5.22. The van der Waals surface area contributed by atoms with Gasteiger partial charge in [-0.2, -0.15) is 5.10 Å². The fourth-order valence-corrected chi connectivity index (χ4v) is 3.47. The lowest BCUT2D eigenvalue weighted by molar-refractivity contribution is 0.0921. The number of aromatic nitrogens is 4. The van der Waals surface area contributed by atoms with Crippen molar-refractivity contribution >= 4 is 5.91 Å². The first kappa shape index (κ1) is 15.3. The predicted molar refractivity (Wildman–Crippen MR) is 86.5 cm³/mol. The van der Waals surface area contributed by atoms with Gasteiger partial charge in [-0.3, -0.25) is 9.89 Å². The van der Waals surface area contributed by atoms with E-state index in [1.54, 1.807) is 0 Å². The number of nitrogens with one attached hydrogen (secondary N) is 2. The van der Waals surface area contributed by atoms with Crippen LogP contribution in [0.5, 0.6) is 0 Å². The number of aryl methyl sites for hydroxylation is 2. The normalized spacial score (nSPS) is 16.4. The molecular formula is C17H21N5O2. The van der Waals surface area contributed by atoms with Gasteiger partial charge in [-0.05, 0) is 38.2 Å². The van der Waals surface area contributed by atoms with E-state index in [4.69, 9.17) is 4.74 Å². The molecule has 0 saturated heterocycles. The summed E-state index contributed by atoms with van der Waals surface area (Å²) < 4.78 is 5.42. The third kappa shape index (κ3) is 2.80. The van der Waals surface area contributed by atoms with Gasteiger partial charge < -0.3 is 10.1 Å². The van der Waals surface area contributed by atoms with Crippen LogP contribution in [0.4, 0.5) is 0 Å². The fourth-order valence-electron chi connectivity index (χ4n) is 3.47. The second-order valence-corrected chi connectivity index (χ2v) is 6.37. The number of carbonyl (C=O) groups excluding carboxylic acids is 1. The van der Waals surface area contributed by atoms with Gasteiger partial charge in [-0.1, -0.05) is 0 Å². The molecule has 0 radical (unpaired) electrons. The van der Waals surface area contributed by atoms with Crippen molar-refractivity contribution in [1.29, 1.82) is 0 Å². The number of aromatic amines is 1. The first-order chi connectivity index (χ1) is 11.7. The molecule has 126 valence electrons. The van der Waals surface area contributed by atoms with Crippen LogP contribution in [-0.4, -0.2) is 32.7 Å². The van der Waals surface area contributed by atoms with Gasteiger partial charge in [0.2, 0.25) is 0 Å². The van der Waals surface area contributed by atoms with Crippen LogP contribution < -0.4 is 5.32 Å². The molecule has 7 heteroatoms. The van der Waals surface area contributed by atoms with Crippen molar-refractivity contribution in [2.75, 3.05) is 6.61 Å². The van der Waals surface area contributed by atoms with Crippen LogP contribution in [0, 0.1) is 6.92 Å². The topological polar surface area (TPSA) is 92.8 Å². The molecule has 3 heterocycles. The molecule has 0 atom stereocenters. The number of hydrogen-bond donors (Lipinski definition) is 2.